The van der Waals surface area contributed by atoms with Gasteiger partial charge in [-0.05, 0) is 60.9 Å². The normalized spacial score (nSPS) is 19.0. The molecule has 1 aromatic heterocycles. The first-order valence-electron chi connectivity index (χ1n) is 10.8. The average Bonchev–Trinajstić information content (AvgIpc) is 3.27. The van der Waals surface area contributed by atoms with Gasteiger partial charge in [0.25, 0.3) is 0 Å². The van der Waals surface area contributed by atoms with E-state index in [1.54, 1.807) is 25.4 Å². The SMILES string of the molecule is COC(=O)C1CCC(NCc2cc(-c3ccccn3)ccc2OC)C1c1ccc(F)cc1.Cl.Cl. The van der Waals surface area contributed by atoms with Crippen LogP contribution in [0.1, 0.15) is 29.9 Å². The molecule has 3 unspecified atom stereocenters. The molecule has 3 atom stereocenters. The maximum Gasteiger partial charge on any atom is 0.309 e. The molecule has 1 fully saturated rings. The number of carbonyl (C=O) groups excluding carboxylic acids is 1. The van der Waals surface area contributed by atoms with Crippen LogP contribution in [0.4, 0.5) is 4.39 Å². The molecular formula is C26H29Cl2FN2O3. The van der Waals surface area contributed by atoms with E-state index in [2.05, 4.69) is 16.4 Å². The molecule has 0 saturated heterocycles. The molecule has 3 aromatic rings. The zero-order chi connectivity index (χ0) is 22.5. The van der Waals surface area contributed by atoms with E-state index >= 15 is 0 Å². The van der Waals surface area contributed by atoms with E-state index in [1.165, 1.54) is 19.2 Å². The van der Waals surface area contributed by atoms with Crippen molar-refractivity contribution in [3.8, 4) is 17.0 Å². The zero-order valence-electron chi connectivity index (χ0n) is 19.1. The van der Waals surface area contributed by atoms with E-state index in [0.717, 1.165) is 41.0 Å². The third kappa shape index (κ3) is 6.06. The Balaban J connectivity index is 0.00000204. The number of benzene rings is 2. The monoisotopic (exact) mass is 506 g/mol. The molecule has 0 bridgehead atoms. The molecule has 2 aromatic carbocycles. The second kappa shape index (κ2) is 12.7. The number of halogens is 3. The van der Waals surface area contributed by atoms with E-state index in [1.807, 2.05) is 30.3 Å². The van der Waals surface area contributed by atoms with Crippen LogP contribution in [0, 0.1) is 11.7 Å². The zero-order valence-corrected chi connectivity index (χ0v) is 20.7. The largest absolute Gasteiger partial charge is 0.496 e. The minimum Gasteiger partial charge on any atom is -0.496 e. The topological polar surface area (TPSA) is 60.5 Å². The minimum atomic E-state index is -0.290. The molecule has 182 valence electrons. The van der Waals surface area contributed by atoms with Gasteiger partial charge in [-0.3, -0.25) is 9.78 Å². The van der Waals surface area contributed by atoms with Gasteiger partial charge >= 0.3 is 5.97 Å². The Morgan fingerprint density at radius 3 is 2.47 bits per heavy atom. The molecule has 1 aliphatic rings. The van der Waals surface area contributed by atoms with Crippen LogP contribution in [-0.4, -0.2) is 31.2 Å². The first-order chi connectivity index (χ1) is 15.6. The van der Waals surface area contributed by atoms with Crippen molar-refractivity contribution >= 4 is 30.8 Å². The van der Waals surface area contributed by atoms with E-state index in [-0.39, 0.29) is 54.5 Å². The first kappa shape index (κ1) is 27.6. The van der Waals surface area contributed by atoms with Crippen LogP contribution in [0.5, 0.6) is 5.75 Å². The third-order valence-electron chi connectivity index (χ3n) is 6.21. The van der Waals surface area contributed by atoms with Crippen LogP contribution in [0.2, 0.25) is 0 Å². The quantitative estimate of drug-likeness (QED) is 0.424. The number of aromatic nitrogens is 1. The molecule has 4 rings (SSSR count). The van der Waals surface area contributed by atoms with Crippen molar-refractivity contribution in [2.45, 2.75) is 31.3 Å². The predicted molar refractivity (Wildman–Crippen MR) is 135 cm³/mol. The summed E-state index contributed by atoms with van der Waals surface area (Å²) in [5, 5.41) is 3.62. The lowest BCUT2D eigenvalue weighted by Gasteiger charge is -2.25. The Morgan fingerprint density at radius 2 is 1.82 bits per heavy atom. The summed E-state index contributed by atoms with van der Waals surface area (Å²) in [4.78, 5) is 16.9. The molecule has 0 spiro atoms. The highest BCUT2D eigenvalue weighted by molar-refractivity contribution is 5.85. The number of hydrogen-bond acceptors (Lipinski definition) is 5. The number of pyridine rings is 1. The van der Waals surface area contributed by atoms with Crippen molar-refractivity contribution in [3.05, 3.63) is 83.8 Å². The smallest absolute Gasteiger partial charge is 0.309 e. The predicted octanol–water partition coefficient (Wildman–Crippen LogP) is 5.56. The van der Waals surface area contributed by atoms with Crippen molar-refractivity contribution < 1.29 is 18.7 Å². The van der Waals surface area contributed by atoms with Crippen LogP contribution in [0.3, 0.4) is 0 Å². The van der Waals surface area contributed by atoms with Gasteiger partial charge in [-0.25, -0.2) is 4.39 Å². The molecule has 1 aliphatic carbocycles. The molecule has 5 nitrogen and oxygen atoms in total. The fourth-order valence-electron chi connectivity index (χ4n) is 4.64. The highest BCUT2D eigenvalue weighted by atomic mass is 35.5. The molecule has 0 aliphatic heterocycles. The molecule has 8 heteroatoms. The lowest BCUT2D eigenvalue weighted by molar-refractivity contribution is -0.145. The summed E-state index contributed by atoms with van der Waals surface area (Å²) in [6, 6.07) is 18.3. The van der Waals surface area contributed by atoms with Gasteiger partial charge in [-0.1, -0.05) is 18.2 Å². The summed E-state index contributed by atoms with van der Waals surface area (Å²) < 4.78 is 24.1. The van der Waals surface area contributed by atoms with Gasteiger partial charge in [0.15, 0.2) is 0 Å². The van der Waals surface area contributed by atoms with Gasteiger partial charge in [0.05, 0.1) is 25.8 Å². The van der Waals surface area contributed by atoms with E-state index in [4.69, 9.17) is 9.47 Å². The molecule has 1 N–H and O–H groups in total. The molecular weight excluding hydrogens is 478 g/mol. The maximum atomic E-state index is 13.5. The van der Waals surface area contributed by atoms with E-state index in [9.17, 15) is 9.18 Å². The van der Waals surface area contributed by atoms with Crippen LogP contribution in [0.15, 0.2) is 66.9 Å². The number of carbonyl (C=O) groups is 1. The van der Waals surface area contributed by atoms with E-state index < -0.39 is 0 Å². The van der Waals surface area contributed by atoms with Gasteiger partial charge in [0, 0.05) is 35.8 Å². The average molecular weight is 507 g/mol. The number of methoxy groups -OCH3 is 2. The first-order valence-corrected chi connectivity index (χ1v) is 10.8. The summed E-state index contributed by atoms with van der Waals surface area (Å²) in [6.07, 6.45) is 3.32. The number of hydrogen-bond donors (Lipinski definition) is 1. The van der Waals surface area contributed by atoms with Crippen molar-refractivity contribution in [3.63, 3.8) is 0 Å². The highest BCUT2D eigenvalue weighted by Crippen LogP contribution is 2.41. The Bertz CT molecular complexity index is 1070. The highest BCUT2D eigenvalue weighted by Gasteiger charge is 2.41. The second-order valence-electron chi connectivity index (χ2n) is 8.01. The molecule has 1 saturated carbocycles. The Kier molecular flexibility index (Phi) is 10.3. The fraction of sp³-hybridized carbons (Fsp3) is 0.308. The van der Waals surface area contributed by atoms with Crippen LogP contribution >= 0.6 is 24.8 Å². The van der Waals surface area contributed by atoms with Gasteiger partial charge in [-0.2, -0.15) is 0 Å². The number of ether oxygens (including phenoxy) is 2. The Morgan fingerprint density at radius 1 is 1.06 bits per heavy atom. The maximum absolute atomic E-state index is 13.5. The van der Waals surface area contributed by atoms with Gasteiger partial charge in [-0.15, -0.1) is 24.8 Å². The van der Waals surface area contributed by atoms with Gasteiger partial charge < -0.3 is 14.8 Å². The summed E-state index contributed by atoms with van der Waals surface area (Å²) in [7, 11) is 3.07. The van der Waals surface area contributed by atoms with Crippen molar-refractivity contribution in [1.82, 2.24) is 10.3 Å². The second-order valence-corrected chi connectivity index (χ2v) is 8.01. The lowest BCUT2D eigenvalue weighted by atomic mass is 9.86. The number of esters is 1. The fourth-order valence-corrected chi connectivity index (χ4v) is 4.64. The molecule has 0 amide bonds. The van der Waals surface area contributed by atoms with Crippen molar-refractivity contribution in [2.75, 3.05) is 14.2 Å². The van der Waals surface area contributed by atoms with Gasteiger partial charge in [0.2, 0.25) is 0 Å². The van der Waals surface area contributed by atoms with Crippen LogP contribution in [-0.2, 0) is 16.1 Å². The summed E-state index contributed by atoms with van der Waals surface area (Å²) in [5.41, 5.74) is 3.85. The Hall–Kier alpha value is -2.67. The number of rotatable bonds is 7. The van der Waals surface area contributed by atoms with Crippen molar-refractivity contribution in [1.29, 1.82) is 0 Å². The minimum absolute atomic E-state index is 0. The summed E-state index contributed by atoms with van der Waals surface area (Å²) >= 11 is 0. The molecule has 34 heavy (non-hydrogen) atoms. The van der Waals surface area contributed by atoms with Gasteiger partial charge in [0.1, 0.15) is 11.6 Å². The molecule has 0 radical (unpaired) electrons. The van der Waals surface area contributed by atoms with Crippen LogP contribution in [0.25, 0.3) is 11.3 Å². The summed E-state index contributed by atoms with van der Waals surface area (Å²) in [5.74, 6) is -0.0731. The Labute approximate surface area is 211 Å². The lowest BCUT2D eigenvalue weighted by Crippen LogP contribution is -2.34. The van der Waals surface area contributed by atoms with Crippen molar-refractivity contribution in [2.24, 2.45) is 5.92 Å². The van der Waals surface area contributed by atoms with Crippen LogP contribution < -0.4 is 10.1 Å². The summed E-state index contributed by atoms with van der Waals surface area (Å²) in [6.45, 7) is 0.570. The standard InChI is InChI=1S/C26H27FN2O3.2ClH/c1-31-24-13-8-18(22-5-3-4-14-28-22)15-19(24)16-29-23-12-11-21(26(30)32-2)25(23)17-6-9-20(27)10-7-17;;/h3-10,13-15,21,23,25,29H,11-12,16H2,1-2H3;2*1H. The third-order valence-corrected chi connectivity index (χ3v) is 6.21. The molecule has 1 heterocycles. The van der Waals surface area contributed by atoms with E-state index in [0.29, 0.717) is 6.54 Å². The number of nitrogens with zero attached hydrogens (tertiary/aromatic N) is 1. The number of nitrogens with one attached hydrogen (secondary N) is 1.